The third kappa shape index (κ3) is 4.20. The number of ether oxygens (including phenoxy) is 1. The fourth-order valence-electron chi connectivity index (χ4n) is 4.13. The van der Waals surface area contributed by atoms with Gasteiger partial charge in [-0.1, -0.05) is 43.6 Å². The summed E-state index contributed by atoms with van der Waals surface area (Å²) in [5.74, 6) is 0.876. The molecule has 0 amide bonds. The van der Waals surface area contributed by atoms with E-state index >= 15 is 0 Å². The number of pyridine rings is 2. The Balaban J connectivity index is 1.43. The summed E-state index contributed by atoms with van der Waals surface area (Å²) in [5, 5.41) is 0.606. The van der Waals surface area contributed by atoms with Gasteiger partial charge in [-0.2, -0.15) is 0 Å². The maximum atomic E-state index is 6.63. The summed E-state index contributed by atoms with van der Waals surface area (Å²) in [5.41, 5.74) is 5.23. The number of hydrogen-bond donors (Lipinski definition) is 1. The van der Waals surface area contributed by atoms with E-state index in [0.717, 1.165) is 61.0 Å². The lowest BCUT2D eigenvalue weighted by atomic mass is 9.87. The number of hydrogen-bond acceptors (Lipinski definition) is 5. The van der Waals surface area contributed by atoms with Crippen molar-refractivity contribution in [3.05, 3.63) is 71.3 Å². The largest absolute Gasteiger partial charge is 0.378 e. The molecular formula is C25H26ClN5O. The van der Waals surface area contributed by atoms with E-state index in [1.165, 1.54) is 5.69 Å². The highest BCUT2D eigenvalue weighted by Gasteiger charge is 2.26. The minimum atomic E-state index is -0.221. The van der Waals surface area contributed by atoms with Crippen LogP contribution in [0.2, 0.25) is 5.02 Å². The van der Waals surface area contributed by atoms with Gasteiger partial charge in [0.25, 0.3) is 0 Å². The topological polar surface area (TPSA) is 66.9 Å². The molecule has 32 heavy (non-hydrogen) atoms. The van der Waals surface area contributed by atoms with E-state index < -0.39 is 0 Å². The fourth-order valence-corrected chi connectivity index (χ4v) is 4.39. The number of H-pyrrole nitrogens is 1. The van der Waals surface area contributed by atoms with Crippen LogP contribution in [0.4, 0.5) is 5.69 Å². The summed E-state index contributed by atoms with van der Waals surface area (Å²) in [6.07, 6.45) is 2.60. The molecule has 0 aliphatic carbocycles. The summed E-state index contributed by atoms with van der Waals surface area (Å²) in [4.78, 5) is 19.8. The molecule has 164 valence electrons. The van der Waals surface area contributed by atoms with Crippen molar-refractivity contribution in [1.82, 2.24) is 19.9 Å². The van der Waals surface area contributed by atoms with E-state index in [-0.39, 0.29) is 5.41 Å². The third-order valence-electron chi connectivity index (χ3n) is 5.93. The van der Waals surface area contributed by atoms with Crippen LogP contribution in [0.3, 0.4) is 0 Å². The van der Waals surface area contributed by atoms with Crippen molar-refractivity contribution < 1.29 is 4.74 Å². The maximum absolute atomic E-state index is 6.63. The molecule has 5 rings (SSSR count). The molecule has 0 atom stereocenters. The van der Waals surface area contributed by atoms with Crippen molar-refractivity contribution in [3.8, 4) is 11.3 Å². The molecule has 7 heteroatoms. The summed E-state index contributed by atoms with van der Waals surface area (Å²) in [7, 11) is 0. The van der Waals surface area contributed by atoms with Gasteiger partial charge in [0.1, 0.15) is 5.82 Å². The van der Waals surface area contributed by atoms with E-state index in [2.05, 4.69) is 53.0 Å². The first kappa shape index (κ1) is 20.9. The Kier molecular flexibility index (Phi) is 5.57. The highest BCUT2D eigenvalue weighted by Crippen LogP contribution is 2.32. The predicted octanol–water partition coefficient (Wildman–Crippen LogP) is 5.03. The molecule has 1 saturated heterocycles. The van der Waals surface area contributed by atoms with Gasteiger partial charge < -0.3 is 14.6 Å². The first-order valence-corrected chi connectivity index (χ1v) is 11.3. The number of aromatic nitrogens is 4. The van der Waals surface area contributed by atoms with Gasteiger partial charge in [0.05, 0.1) is 29.4 Å². The number of morpholine rings is 1. The van der Waals surface area contributed by atoms with Crippen LogP contribution in [-0.4, -0.2) is 46.2 Å². The Morgan fingerprint density at radius 3 is 2.56 bits per heavy atom. The molecule has 1 N–H and O–H groups in total. The lowest BCUT2D eigenvalue weighted by Crippen LogP contribution is -2.36. The van der Waals surface area contributed by atoms with Crippen LogP contribution in [0.15, 0.2) is 54.7 Å². The maximum Gasteiger partial charge on any atom is 0.178 e. The number of aromatic amines is 1. The lowest BCUT2D eigenvalue weighted by molar-refractivity contribution is 0.122. The van der Waals surface area contributed by atoms with E-state index in [1.54, 1.807) is 0 Å². The van der Waals surface area contributed by atoms with E-state index in [9.17, 15) is 0 Å². The van der Waals surface area contributed by atoms with Crippen molar-refractivity contribution in [2.45, 2.75) is 25.7 Å². The van der Waals surface area contributed by atoms with Crippen LogP contribution < -0.4 is 4.90 Å². The second-order valence-corrected chi connectivity index (χ2v) is 9.21. The minimum absolute atomic E-state index is 0.221. The average molecular weight is 448 g/mol. The third-order valence-corrected chi connectivity index (χ3v) is 6.22. The van der Waals surface area contributed by atoms with Crippen LogP contribution >= 0.6 is 11.6 Å². The van der Waals surface area contributed by atoms with Crippen LogP contribution in [0.25, 0.3) is 22.4 Å². The number of fused-ring (bicyclic) bond motifs is 1. The molecular weight excluding hydrogens is 422 g/mol. The van der Waals surface area contributed by atoms with Crippen molar-refractivity contribution in [2.24, 2.45) is 0 Å². The lowest BCUT2D eigenvalue weighted by Gasteiger charge is -2.28. The van der Waals surface area contributed by atoms with Crippen LogP contribution in [0.5, 0.6) is 0 Å². The molecule has 0 saturated carbocycles. The number of nitrogens with zero attached hydrogens (tertiary/aromatic N) is 4. The molecule has 1 aliphatic heterocycles. The van der Waals surface area contributed by atoms with E-state index in [0.29, 0.717) is 10.7 Å². The monoisotopic (exact) mass is 447 g/mol. The number of anilines is 1. The summed E-state index contributed by atoms with van der Waals surface area (Å²) in [6.45, 7) is 7.68. The molecule has 0 radical (unpaired) electrons. The highest BCUT2D eigenvalue weighted by atomic mass is 35.5. The predicted molar refractivity (Wildman–Crippen MR) is 128 cm³/mol. The minimum Gasteiger partial charge on any atom is -0.378 e. The van der Waals surface area contributed by atoms with Crippen molar-refractivity contribution in [2.75, 3.05) is 31.2 Å². The van der Waals surface area contributed by atoms with Crippen molar-refractivity contribution >= 4 is 28.5 Å². The normalized spacial score (nSPS) is 14.8. The van der Waals surface area contributed by atoms with Gasteiger partial charge in [0, 0.05) is 48.1 Å². The quantitative estimate of drug-likeness (QED) is 0.464. The standard InChI is InChI=1S/C25H26ClN5O/c1-25(2,16-18-5-3-4-10-27-18)24-28-21-15-20(26)22(29-23(21)30-24)17-6-8-19(9-7-17)31-11-13-32-14-12-31/h3-10,15H,11-14,16H2,1-2H3,(H,28,29,30). The number of nitrogens with one attached hydrogen (secondary N) is 1. The number of halogens is 1. The van der Waals surface area contributed by atoms with Crippen LogP contribution in [0.1, 0.15) is 25.4 Å². The van der Waals surface area contributed by atoms with Crippen LogP contribution in [0, 0.1) is 0 Å². The van der Waals surface area contributed by atoms with Gasteiger partial charge in [-0.05, 0) is 30.3 Å². The second-order valence-electron chi connectivity index (χ2n) is 8.80. The van der Waals surface area contributed by atoms with Gasteiger partial charge in [-0.25, -0.2) is 9.97 Å². The number of imidazole rings is 1. The number of benzene rings is 1. The molecule has 0 bridgehead atoms. The average Bonchev–Trinajstić information content (AvgIpc) is 3.24. The summed E-state index contributed by atoms with van der Waals surface area (Å²) in [6, 6.07) is 16.3. The molecule has 6 nitrogen and oxygen atoms in total. The molecule has 1 fully saturated rings. The van der Waals surface area contributed by atoms with Gasteiger partial charge in [0.15, 0.2) is 5.65 Å². The Morgan fingerprint density at radius 1 is 1.06 bits per heavy atom. The van der Waals surface area contributed by atoms with Gasteiger partial charge in [-0.15, -0.1) is 0 Å². The zero-order valence-corrected chi connectivity index (χ0v) is 19.1. The molecule has 1 aromatic carbocycles. The smallest absolute Gasteiger partial charge is 0.178 e. The zero-order valence-electron chi connectivity index (χ0n) is 18.3. The Hall–Kier alpha value is -2.96. The molecule has 4 heterocycles. The molecule has 3 aromatic heterocycles. The second kappa shape index (κ2) is 8.52. The molecule has 1 aliphatic rings. The first-order chi connectivity index (χ1) is 15.5. The van der Waals surface area contributed by atoms with E-state index in [1.807, 2.05) is 30.5 Å². The van der Waals surface area contributed by atoms with Crippen molar-refractivity contribution in [3.63, 3.8) is 0 Å². The van der Waals surface area contributed by atoms with Gasteiger partial charge >= 0.3 is 0 Å². The first-order valence-electron chi connectivity index (χ1n) is 10.9. The molecule has 0 unspecified atom stereocenters. The zero-order chi connectivity index (χ0) is 22.1. The number of rotatable bonds is 5. The van der Waals surface area contributed by atoms with E-state index in [4.69, 9.17) is 26.3 Å². The van der Waals surface area contributed by atoms with Gasteiger partial charge in [0.2, 0.25) is 0 Å². The fraction of sp³-hybridized carbons (Fsp3) is 0.320. The summed E-state index contributed by atoms with van der Waals surface area (Å²) < 4.78 is 5.45. The van der Waals surface area contributed by atoms with Crippen molar-refractivity contribution in [1.29, 1.82) is 0 Å². The highest BCUT2D eigenvalue weighted by molar-refractivity contribution is 6.33. The Morgan fingerprint density at radius 2 is 1.84 bits per heavy atom. The SMILES string of the molecule is CC(C)(Cc1ccccn1)c1nc2nc(-c3ccc(N4CCOCC4)cc3)c(Cl)cc2[nH]1. The Labute approximate surface area is 192 Å². The summed E-state index contributed by atoms with van der Waals surface area (Å²) >= 11 is 6.63. The van der Waals surface area contributed by atoms with Gasteiger partial charge in [-0.3, -0.25) is 4.98 Å². The molecule has 0 spiro atoms. The Bertz CT molecular complexity index is 1210. The molecule has 4 aromatic rings. The van der Waals surface area contributed by atoms with Crippen LogP contribution in [-0.2, 0) is 16.6 Å².